The first-order valence-electron chi connectivity index (χ1n) is 7.68. The Kier molecular flexibility index (Phi) is 4.99. The summed E-state index contributed by atoms with van der Waals surface area (Å²) in [6.07, 6.45) is 2.18. The Morgan fingerprint density at radius 1 is 1.48 bits per heavy atom. The van der Waals surface area contributed by atoms with Crippen LogP contribution in [0.5, 0.6) is 0 Å². The number of carbonyl (C=O) groups excluding carboxylic acids is 1. The topological polar surface area (TPSA) is 41.1 Å². The molecule has 0 saturated carbocycles. The SMILES string of the molecule is C[C@@H](NC(=O)C(C)(C)C1CCCNC1)c1cccc(F)c1. The van der Waals surface area contributed by atoms with Crippen molar-refractivity contribution in [3.8, 4) is 0 Å². The number of carbonyl (C=O) groups is 1. The molecule has 1 aromatic carbocycles. The molecule has 1 aliphatic heterocycles. The number of benzene rings is 1. The highest BCUT2D eigenvalue weighted by Gasteiger charge is 2.37. The third-order valence-corrected chi connectivity index (χ3v) is 4.60. The Morgan fingerprint density at radius 2 is 2.24 bits per heavy atom. The van der Waals surface area contributed by atoms with E-state index in [1.165, 1.54) is 12.1 Å². The standard InChI is InChI=1S/C17H25FN2O/c1-12(13-6-4-8-15(18)10-13)20-16(21)17(2,3)14-7-5-9-19-11-14/h4,6,8,10,12,14,19H,5,7,9,11H2,1-3H3,(H,20,21)/t12-,14?/m1/s1. The largest absolute Gasteiger partial charge is 0.349 e. The van der Waals surface area contributed by atoms with Crippen LogP contribution < -0.4 is 10.6 Å². The molecule has 116 valence electrons. The maximum absolute atomic E-state index is 13.3. The van der Waals surface area contributed by atoms with Crippen LogP contribution >= 0.6 is 0 Å². The van der Waals surface area contributed by atoms with Crippen molar-refractivity contribution in [3.63, 3.8) is 0 Å². The fraction of sp³-hybridized carbons (Fsp3) is 0.588. The first-order valence-corrected chi connectivity index (χ1v) is 7.68. The van der Waals surface area contributed by atoms with E-state index in [9.17, 15) is 9.18 Å². The summed E-state index contributed by atoms with van der Waals surface area (Å²) in [7, 11) is 0. The normalized spacial score (nSPS) is 20.9. The van der Waals surface area contributed by atoms with Gasteiger partial charge in [0.2, 0.25) is 5.91 Å². The van der Waals surface area contributed by atoms with Gasteiger partial charge in [0.15, 0.2) is 0 Å². The fourth-order valence-electron chi connectivity index (χ4n) is 2.90. The zero-order chi connectivity index (χ0) is 15.5. The van der Waals surface area contributed by atoms with E-state index in [0.29, 0.717) is 5.92 Å². The number of amides is 1. The molecule has 0 aliphatic carbocycles. The zero-order valence-electron chi connectivity index (χ0n) is 13.1. The number of halogens is 1. The minimum absolute atomic E-state index is 0.0351. The first-order chi connectivity index (χ1) is 9.91. The number of nitrogens with one attached hydrogen (secondary N) is 2. The van der Waals surface area contributed by atoms with Crippen LogP contribution in [0, 0.1) is 17.2 Å². The van der Waals surface area contributed by atoms with Crippen LogP contribution in [0.4, 0.5) is 4.39 Å². The quantitative estimate of drug-likeness (QED) is 0.895. The third-order valence-electron chi connectivity index (χ3n) is 4.60. The van der Waals surface area contributed by atoms with Gasteiger partial charge in [-0.3, -0.25) is 4.79 Å². The van der Waals surface area contributed by atoms with Crippen molar-refractivity contribution in [2.45, 2.75) is 39.7 Å². The van der Waals surface area contributed by atoms with E-state index in [-0.39, 0.29) is 17.8 Å². The molecule has 2 N–H and O–H groups in total. The van der Waals surface area contributed by atoms with Crippen molar-refractivity contribution >= 4 is 5.91 Å². The molecule has 2 atom stereocenters. The molecule has 0 spiro atoms. The second-order valence-corrected chi connectivity index (χ2v) is 6.52. The molecule has 1 aliphatic rings. The molecule has 1 unspecified atom stereocenters. The monoisotopic (exact) mass is 292 g/mol. The number of piperidine rings is 1. The van der Waals surface area contributed by atoms with Gasteiger partial charge in [-0.15, -0.1) is 0 Å². The molecule has 21 heavy (non-hydrogen) atoms. The number of hydrogen-bond donors (Lipinski definition) is 2. The van der Waals surface area contributed by atoms with E-state index < -0.39 is 5.41 Å². The molecule has 1 aromatic rings. The second-order valence-electron chi connectivity index (χ2n) is 6.52. The predicted octanol–water partition coefficient (Wildman–Crippen LogP) is 3.03. The summed E-state index contributed by atoms with van der Waals surface area (Å²) in [5, 5.41) is 6.39. The summed E-state index contributed by atoms with van der Waals surface area (Å²) >= 11 is 0. The van der Waals surface area contributed by atoms with Crippen LogP contribution in [0.1, 0.15) is 45.2 Å². The van der Waals surface area contributed by atoms with Gasteiger partial charge >= 0.3 is 0 Å². The second kappa shape index (κ2) is 6.56. The lowest BCUT2D eigenvalue weighted by atomic mass is 9.74. The molecule has 1 fully saturated rings. The molecule has 1 heterocycles. The lowest BCUT2D eigenvalue weighted by Gasteiger charge is -2.36. The van der Waals surface area contributed by atoms with Crippen molar-refractivity contribution in [1.82, 2.24) is 10.6 Å². The summed E-state index contributed by atoms with van der Waals surface area (Å²) in [4.78, 5) is 12.6. The Morgan fingerprint density at radius 3 is 2.86 bits per heavy atom. The molecule has 1 amide bonds. The van der Waals surface area contributed by atoms with Gasteiger partial charge < -0.3 is 10.6 Å². The predicted molar refractivity (Wildman–Crippen MR) is 82.3 cm³/mol. The maximum Gasteiger partial charge on any atom is 0.226 e. The maximum atomic E-state index is 13.3. The van der Waals surface area contributed by atoms with Gasteiger partial charge in [0, 0.05) is 5.41 Å². The number of rotatable bonds is 4. The molecule has 3 nitrogen and oxygen atoms in total. The molecular formula is C17H25FN2O. The average Bonchev–Trinajstić information content (AvgIpc) is 2.48. The van der Waals surface area contributed by atoms with E-state index in [2.05, 4.69) is 10.6 Å². The molecule has 0 bridgehead atoms. The minimum Gasteiger partial charge on any atom is -0.349 e. The van der Waals surface area contributed by atoms with Crippen molar-refractivity contribution in [2.75, 3.05) is 13.1 Å². The zero-order valence-corrected chi connectivity index (χ0v) is 13.1. The van der Waals surface area contributed by atoms with E-state index in [4.69, 9.17) is 0 Å². The Labute approximate surface area is 126 Å². The first kappa shape index (κ1) is 16.0. The van der Waals surface area contributed by atoms with Gasteiger partial charge in [-0.25, -0.2) is 4.39 Å². The van der Waals surface area contributed by atoms with Crippen LogP contribution in [0.2, 0.25) is 0 Å². The highest BCUT2D eigenvalue weighted by molar-refractivity contribution is 5.82. The third kappa shape index (κ3) is 3.82. The molecule has 2 rings (SSSR count). The summed E-state index contributed by atoms with van der Waals surface area (Å²) < 4.78 is 13.3. The summed E-state index contributed by atoms with van der Waals surface area (Å²) in [6, 6.07) is 6.20. The van der Waals surface area contributed by atoms with Crippen LogP contribution in [-0.4, -0.2) is 19.0 Å². The van der Waals surface area contributed by atoms with Crippen LogP contribution in [0.25, 0.3) is 0 Å². The van der Waals surface area contributed by atoms with E-state index in [1.54, 1.807) is 6.07 Å². The van der Waals surface area contributed by atoms with Crippen LogP contribution in [-0.2, 0) is 4.79 Å². The van der Waals surface area contributed by atoms with Gasteiger partial charge in [-0.2, -0.15) is 0 Å². The lowest BCUT2D eigenvalue weighted by molar-refractivity contribution is -0.133. The highest BCUT2D eigenvalue weighted by atomic mass is 19.1. The Balaban J connectivity index is 2.02. The molecular weight excluding hydrogens is 267 g/mol. The smallest absolute Gasteiger partial charge is 0.226 e. The summed E-state index contributed by atoms with van der Waals surface area (Å²) in [5.74, 6) is 0.100. The fourth-order valence-corrected chi connectivity index (χ4v) is 2.90. The Hall–Kier alpha value is -1.42. The average molecular weight is 292 g/mol. The lowest BCUT2D eigenvalue weighted by Crippen LogP contribution is -2.47. The van der Waals surface area contributed by atoms with Crippen molar-refractivity contribution in [3.05, 3.63) is 35.6 Å². The van der Waals surface area contributed by atoms with Crippen molar-refractivity contribution < 1.29 is 9.18 Å². The van der Waals surface area contributed by atoms with E-state index in [1.807, 2.05) is 26.8 Å². The van der Waals surface area contributed by atoms with Gasteiger partial charge in [0.25, 0.3) is 0 Å². The molecule has 0 radical (unpaired) electrons. The van der Waals surface area contributed by atoms with Gasteiger partial charge in [0.1, 0.15) is 5.82 Å². The van der Waals surface area contributed by atoms with Gasteiger partial charge in [-0.1, -0.05) is 26.0 Å². The van der Waals surface area contributed by atoms with Gasteiger partial charge in [-0.05, 0) is 56.5 Å². The Bertz CT molecular complexity index is 495. The summed E-state index contributed by atoms with van der Waals surface area (Å²) in [5.41, 5.74) is 0.371. The minimum atomic E-state index is -0.422. The van der Waals surface area contributed by atoms with Crippen LogP contribution in [0.15, 0.2) is 24.3 Å². The van der Waals surface area contributed by atoms with E-state index in [0.717, 1.165) is 31.5 Å². The van der Waals surface area contributed by atoms with E-state index >= 15 is 0 Å². The van der Waals surface area contributed by atoms with Crippen LogP contribution in [0.3, 0.4) is 0 Å². The highest BCUT2D eigenvalue weighted by Crippen LogP contribution is 2.32. The molecule has 1 saturated heterocycles. The summed E-state index contributed by atoms with van der Waals surface area (Å²) in [6.45, 7) is 7.81. The van der Waals surface area contributed by atoms with Crippen molar-refractivity contribution in [1.29, 1.82) is 0 Å². The molecule has 4 heteroatoms. The van der Waals surface area contributed by atoms with Gasteiger partial charge in [0.05, 0.1) is 6.04 Å². The molecule has 0 aromatic heterocycles. The van der Waals surface area contributed by atoms with Crippen molar-refractivity contribution in [2.24, 2.45) is 11.3 Å². The number of hydrogen-bond acceptors (Lipinski definition) is 2.